The van der Waals surface area contributed by atoms with Crippen molar-refractivity contribution in [1.82, 2.24) is 5.32 Å². The van der Waals surface area contributed by atoms with Gasteiger partial charge in [-0.15, -0.1) is 0 Å². The Hall–Kier alpha value is -0.0800. The molecule has 2 nitrogen and oxygen atoms in total. The third-order valence-electron chi connectivity index (χ3n) is 3.32. The van der Waals surface area contributed by atoms with Gasteiger partial charge in [0.1, 0.15) is 0 Å². The molecule has 0 bridgehead atoms. The minimum Gasteiger partial charge on any atom is -0.380 e. The molecule has 0 aromatic heterocycles. The molecule has 2 heteroatoms. The zero-order valence-electron chi connectivity index (χ0n) is 9.72. The fourth-order valence-corrected chi connectivity index (χ4v) is 2.27. The van der Waals surface area contributed by atoms with E-state index >= 15 is 0 Å². The molecule has 1 saturated carbocycles. The molecule has 2 atom stereocenters. The number of ether oxygens (including phenoxy) is 1. The predicted molar refractivity (Wildman–Crippen MR) is 60.5 cm³/mol. The summed E-state index contributed by atoms with van der Waals surface area (Å²) in [5, 5.41) is 3.50. The SMILES string of the molecule is CCOCCNCC1CCCCC1C. The Morgan fingerprint density at radius 2 is 2.07 bits per heavy atom. The molecule has 0 aromatic carbocycles. The molecular formula is C12H25NO. The van der Waals surface area contributed by atoms with Crippen LogP contribution in [0.3, 0.4) is 0 Å². The van der Waals surface area contributed by atoms with Crippen LogP contribution in [-0.4, -0.2) is 26.3 Å². The average molecular weight is 199 g/mol. The lowest BCUT2D eigenvalue weighted by atomic mass is 9.80. The van der Waals surface area contributed by atoms with E-state index in [1.54, 1.807) is 0 Å². The van der Waals surface area contributed by atoms with Crippen molar-refractivity contribution >= 4 is 0 Å². The van der Waals surface area contributed by atoms with Gasteiger partial charge in [-0.05, 0) is 31.7 Å². The Balaban J connectivity index is 1.99. The monoisotopic (exact) mass is 199 g/mol. The summed E-state index contributed by atoms with van der Waals surface area (Å²) in [6.07, 6.45) is 5.72. The first-order valence-corrected chi connectivity index (χ1v) is 6.13. The van der Waals surface area contributed by atoms with Gasteiger partial charge in [-0.2, -0.15) is 0 Å². The van der Waals surface area contributed by atoms with Gasteiger partial charge in [0.25, 0.3) is 0 Å². The van der Waals surface area contributed by atoms with E-state index in [1.807, 2.05) is 6.92 Å². The van der Waals surface area contributed by atoms with E-state index in [9.17, 15) is 0 Å². The summed E-state index contributed by atoms with van der Waals surface area (Å²) in [5.74, 6) is 1.83. The second-order valence-electron chi connectivity index (χ2n) is 4.42. The van der Waals surface area contributed by atoms with Crippen LogP contribution < -0.4 is 5.32 Å². The fourth-order valence-electron chi connectivity index (χ4n) is 2.27. The number of rotatable bonds is 6. The second-order valence-corrected chi connectivity index (χ2v) is 4.42. The van der Waals surface area contributed by atoms with Crippen LogP contribution in [0.5, 0.6) is 0 Å². The molecule has 0 heterocycles. The maximum Gasteiger partial charge on any atom is 0.0590 e. The van der Waals surface area contributed by atoms with Gasteiger partial charge < -0.3 is 10.1 Å². The van der Waals surface area contributed by atoms with Crippen molar-refractivity contribution in [3.05, 3.63) is 0 Å². The standard InChI is InChI=1S/C12H25NO/c1-3-14-9-8-13-10-12-7-5-4-6-11(12)2/h11-13H,3-10H2,1-2H3. The maximum atomic E-state index is 5.29. The van der Waals surface area contributed by atoms with Crippen LogP contribution >= 0.6 is 0 Å². The number of nitrogens with one attached hydrogen (secondary N) is 1. The summed E-state index contributed by atoms with van der Waals surface area (Å²) in [7, 11) is 0. The number of hydrogen-bond donors (Lipinski definition) is 1. The maximum absolute atomic E-state index is 5.29. The summed E-state index contributed by atoms with van der Waals surface area (Å²) >= 11 is 0. The van der Waals surface area contributed by atoms with E-state index in [4.69, 9.17) is 4.74 Å². The highest BCUT2D eigenvalue weighted by atomic mass is 16.5. The first-order chi connectivity index (χ1) is 6.84. The first kappa shape index (κ1) is 12.0. The average Bonchev–Trinajstić information content (AvgIpc) is 2.20. The van der Waals surface area contributed by atoms with E-state index in [-0.39, 0.29) is 0 Å². The van der Waals surface area contributed by atoms with Crippen molar-refractivity contribution in [3.63, 3.8) is 0 Å². The third kappa shape index (κ3) is 4.43. The summed E-state index contributed by atoms with van der Waals surface area (Å²) in [5.41, 5.74) is 0. The summed E-state index contributed by atoms with van der Waals surface area (Å²) < 4.78 is 5.29. The predicted octanol–water partition coefficient (Wildman–Crippen LogP) is 2.44. The summed E-state index contributed by atoms with van der Waals surface area (Å²) in [6, 6.07) is 0. The quantitative estimate of drug-likeness (QED) is 0.663. The minimum absolute atomic E-state index is 0.835. The van der Waals surface area contributed by atoms with Crippen LogP contribution in [0.15, 0.2) is 0 Å². The van der Waals surface area contributed by atoms with Gasteiger partial charge >= 0.3 is 0 Å². The molecule has 0 spiro atoms. The highest BCUT2D eigenvalue weighted by Crippen LogP contribution is 2.28. The van der Waals surface area contributed by atoms with Crippen LogP contribution in [0.1, 0.15) is 39.5 Å². The lowest BCUT2D eigenvalue weighted by Crippen LogP contribution is -2.31. The smallest absolute Gasteiger partial charge is 0.0590 e. The van der Waals surface area contributed by atoms with Gasteiger partial charge in [-0.1, -0.05) is 26.2 Å². The molecule has 0 radical (unpaired) electrons. The summed E-state index contributed by atoms with van der Waals surface area (Å²) in [4.78, 5) is 0. The molecule has 84 valence electrons. The molecule has 0 aromatic rings. The van der Waals surface area contributed by atoms with E-state index in [0.29, 0.717) is 0 Å². The Morgan fingerprint density at radius 1 is 1.29 bits per heavy atom. The second kappa shape index (κ2) is 7.24. The zero-order valence-corrected chi connectivity index (χ0v) is 9.72. The molecule has 1 aliphatic carbocycles. The van der Waals surface area contributed by atoms with Crippen molar-refractivity contribution in [2.45, 2.75) is 39.5 Å². The van der Waals surface area contributed by atoms with E-state index in [1.165, 1.54) is 32.2 Å². The van der Waals surface area contributed by atoms with Crippen LogP contribution in [0.25, 0.3) is 0 Å². The molecule has 0 amide bonds. The molecule has 0 saturated heterocycles. The van der Waals surface area contributed by atoms with Gasteiger partial charge in [-0.25, -0.2) is 0 Å². The topological polar surface area (TPSA) is 21.3 Å². The van der Waals surface area contributed by atoms with Crippen molar-refractivity contribution < 1.29 is 4.74 Å². The lowest BCUT2D eigenvalue weighted by molar-refractivity contribution is 0.145. The molecule has 1 aliphatic rings. The minimum atomic E-state index is 0.835. The van der Waals surface area contributed by atoms with Crippen molar-refractivity contribution in [3.8, 4) is 0 Å². The van der Waals surface area contributed by atoms with Crippen LogP contribution in [-0.2, 0) is 4.74 Å². The molecule has 2 unspecified atom stereocenters. The summed E-state index contributed by atoms with van der Waals surface area (Å²) in [6.45, 7) is 8.33. The third-order valence-corrected chi connectivity index (χ3v) is 3.32. The zero-order chi connectivity index (χ0) is 10.2. The van der Waals surface area contributed by atoms with Gasteiger partial charge in [-0.3, -0.25) is 0 Å². The first-order valence-electron chi connectivity index (χ1n) is 6.13. The fraction of sp³-hybridized carbons (Fsp3) is 1.00. The molecule has 14 heavy (non-hydrogen) atoms. The van der Waals surface area contributed by atoms with E-state index < -0.39 is 0 Å². The molecular weight excluding hydrogens is 174 g/mol. The van der Waals surface area contributed by atoms with Crippen LogP contribution in [0.4, 0.5) is 0 Å². The lowest BCUT2D eigenvalue weighted by Gasteiger charge is -2.28. The molecule has 1 fully saturated rings. The van der Waals surface area contributed by atoms with E-state index in [2.05, 4.69) is 12.2 Å². The highest BCUT2D eigenvalue weighted by Gasteiger charge is 2.20. The number of hydrogen-bond acceptors (Lipinski definition) is 2. The highest BCUT2D eigenvalue weighted by molar-refractivity contribution is 4.73. The van der Waals surface area contributed by atoms with Crippen LogP contribution in [0, 0.1) is 11.8 Å². The van der Waals surface area contributed by atoms with Crippen molar-refractivity contribution in [2.24, 2.45) is 11.8 Å². The Kier molecular flexibility index (Phi) is 6.20. The van der Waals surface area contributed by atoms with E-state index in [0.717, 1.165) is 31.6 Å². The van der Waals surface area contributed by atoms with Crippen molar-refractivity contribution in [1.29, 1.82) is 0 Å². The Morgan fingerprint density at radius 3 is 2.79 bits per heavy atom. The van der Waals surface area contributed by atoms with Crippen molar-refractivity contribution in [2.75, 3.05) is 26.3 Å². The van der Waals surface area contributed by atoms with Gasteiger partial charge in [0.15, 0.2) is 0 Å². The van der Waals surface area contributed by atoms with Crippen LogP contribution in [0.2, 0.25) is 0 Å². The molecule has 0 aliphatic heterocycles. The Bertz CT molecular complexity index is 138. The Labute approximate surface area is 88.4 Å². The molecule has 1 N–H and O–H groups in total. The largest absolute Gasteiger partial charge is 0.380 e. The van der Waals surface area contributed by atoms with Gasteiger partial charge in [0.05, 0.1) is 6.61 Å². The van der Waals surface area contributed by atoms with Gasteiger partial charge in [0.2, 0.25) is 0 Å². The normalized spacial score (nSPS) is 27.9. The van der Waals surface area contributed by atoms with Gasteiger partial charge in [0, 0.05) is 13.2 Å². The molecule has 1 rings (SSSR count).